The molecule has 0 aliphatic carbocycles. The van der Waals surface area contributed by atoms with Crippen molar-refractivity contribution in [3.05, 3.63) is 0 Å². The van der Waals surface area contributed by atoms with Gasteiger partial charge in [-0.1, -0.05) is 0 Å². The van der Waals surface area contributed by atoms with Gasteiger partial charge in [0.1, 0.15) is 6.61 Å². The summed E-state index contributed by atoms with van der Waals surface area (Å²) in [6.07, 6.45) is 5.12. The Labute approximate surface area is 94.6 Å². The van der Waals surface area contributed by atoms with Gasteiger partial charge >= 0.3 is 0 Å². The fourth-order valence-corrected chi connectivity index (χ4v) is 2.19. The predicted molar refractivity (Wildman–Crippen MR) is 67.3 cm³/mol. The minimum Gasteiger partial charge on any atom is -0.445 e. The SMILES string of the molecule is CC(C)N1CCCC(CCC[OH2+])C1.CN. The van der Waals surface area contributed by atoms with Gasteiger partial charge in [-0.15, -0.1) is 0 Å². The second-order valence-electron chi connectivity index (χ2n) is 4.49. The molecule has 0 radical (unpaired) electrons. The summed E-state index contributed by atoms with van der Waals surface area (Å²) in [5.41, 5.74) is 4.50. The van der Waals surface area contributed by atoms with Crippen LogP contribution in [0.2, 0.25) is 0 Å². The molecule has 0 aromatic rings. The molecule has 0 aromatic carbocycles. The standard InChI is InChI=1S/C11H23NO.CH5N/c1-10(2)12-7-3-5-11(9-12)6-4-8-13;1-2/h10-11,13H,3-9H2,1-2H3;2H2,1H3/p+1. The van der Waals surface area contributed by atoms with Crippen molar-refractivity contribution in [2.45, 2.75) is 45.6 Å². The molecule has 0 bridgehead atoms. The fraction of sp³-hybridized carbons (Fsp3) is 1.00. The minimum atomic E-state index is 0.609. The highest BCUT2D eigenvalue weighted by molar-refractivity contribution is 4.74. The van der Waals surface area contributed by atoms with Gasteiger partial charge in [-0.05, 0) is 52.6 Å². The van der Waals surface area contributed by atoms with Crippen molar-refractivity contribution in [2.24, 2.45) is 11.7 Å². The molecule has 1 fully saturated rings. The lowest BCUT2D eigenvalue weighted by Crippen LogP contribution is -2.39. The smallest absolute Gasteiger partial charge is 0.143 e. The molecule has 1 unspecified atom stereocenters. The normalized spacial score (nSPS) is 22.4. The molecule has 1 aliphatic heterocycles. The molecule has 3 nitrogen and oxygen atoms in total. The summed E-state index contributed by atoms with van der Waals surface area (Å²) in [5.74, 6) is 0.876. The zero-order chi connectivity index (χ0) is 11.7. The molecule has 1 rings (SSSR count). The van der Waals surface area contributed by atoms with E-state index in [4.69, 9.17) is 5.11 Å². The number of nitrogens with two attached hydrogens (primary N) is 1. The molecule has 1 atom stereocenters. The van der Waals surface area contributed by atoms with Crippen LogP contribution in [0, 0.1) is 5.92 Å². The Morgan fingerprint density at radius 2 is 2.07 bits per heavy atom. The first-order chi connectivity index (χ1) is 7.24. The highest BCUT2D eigenvalue weighted by Crippen LogP contribution is 2.21. The average Bonchev–Trinajstić information content (AvgIpc) is 2.29. The highest BCUT2D eigenvalue weighted by atomic mass is 16.2. The van der Waals surface area contributed by atoms with Crippen molar-refractivity contribution < 1.29 is 5.11 Å². The molecule has 1 aliphatic rings. The fourth-order valence-electron chi connectivity index (χ4n) is 2.19. The molecule has 15 heavy (non-hydrogen) atoms. The van der Waals surface area contributed by atoms with Gasteiger partial charge in [0, 0.05) is 19.0 Å². The number of hydrogen-bond acceptors (Lipinski definition) is 2. The summed E-state index contributed by atoms with van der Waals surface area (Å²) >= 11 is 0. The zero-order valence-corrected chi connectivity index (χ0v) is 10.6. The Kier molecular flexibility index (Phi) is 9.06. The Balaban J connectivity index is 0.000000921. The molecule has 0 aromatic heterocycles. The van der Waals surface area contributed by atoms with Gasteiger partial charge in [0.15, 0.2) is 0 Å². The first-order valence-electron chi connectivity index (χ1n) is 6.20. The van der Waals surface area contributed by atoms with Crippen LogP contribution in [0.15, 0.2) is 0 Å². The largest absolute Gasteiger partial charge is 0.445 e. The van der Waals surface area contributed by atoms with Crippen molar-refractivity contribution >= 4 is 0 Å². The number of nitrogens with zero attached hydrogens (tertiary/aromatic N) is 1. The third-order valence-electron chi connectivity index (χ3n) is 3.07. The van der Waals surface area contributed by atoms with Gasteiger partial charge < -0.3 is 15.7 Å². The number of piperidine rings is 1. The minimum absolute atomic E-state index is 0.609. The van der Waals surface area contributed by atoms with E-state index in [2.05, 4.69) is 24.5 Å². The van der Waals surface area contributed by atoms with Crippen LogP contribution in [0.4, 0.5) is 0 Å². The summed E-state index contributed by atoms with van der Waals surface area (Å²) in [6, 6.07) is 0.707. The lowest BCUT2D eigenvalue weighted by atomic mass is 9.93. The molecular formula is C12H29N2O+. The molecule has 92 valence electrons. The number of rotatable bonds is 4. The average molecular weight is 217 g/mol. The second-order valence-corrected chi connectivity index (χ2v) is 4.49. The summed E-state index contributed by atoms with van der Waals surface area (Å²) < 4.78 is 0. The van der Waals surface area contributed by atoms with Crippen molar-refractivity contribution in [1.82, 2.24) is 4.90 Å². The molecule has 1 saturated heterocycles. The molecule has 0 saturated carbocycles. The predicted octanol–water partition coefficient (Wildman–Crippen LogP) is 1.19. The third kappa shape index (κ3) is 6.13. The van der Waals surface area contributed by atoms with Gasteiger partial charge in [0.25, 0.3) is 0 Å². The molecule has 3 heteroatoms. The van der Waals surface area contributed by atoms with Crippen molar-refractivity contribution in [1.29, 1.82) is 0 Å². The van der Waals surface area contributed by atoms with E-state index in [1.165, 1.54) is 39.4 Å². The maximum absolute atomic E-state index is 7.14. The highest BCUT2D eigenvalue weighted by Gasteiger charge is 2.20. The van der Waals surface area contributed by atoms with E-state index < -0.39 is 0 Å². The van der Waals surface area contributed by atoms with E-state index in [1.807, 2.05) is 0 Å². The maximum Gasteiger partial charge on any atom is 0.143 e. The van der Waals surface area contributed by atoms with Crippen LogP contribution in [-0.2, 0) is 0 Å². The van der Waals surface area contributed by atoms with E-state index in [1.54, 1.807) is 0 Å². The zero-order valence-electron chi connectivity index (χ0n) is 10.6. The third-order valence-corrected chi connectivity index (χ3v) is 3.07. The molecule has 0 spiro atoms. The first kappa shape index (κ1) is 14.9. The van der Waals surface area contributed by atoms with Crippen LogP contribution < -0.4 is 5.73 Å². The van der Waals surface area contributed by atoms with E-state index in [9.17, 15) is 0 Å². The van der Waals surface area contributed by atoms with Crippen molar-refractivity contribution in [3.63, 3.8) is 0 Å². The van der Waals surface area contributed by atoms with Crippen LogP contribution in [-0.4, -0.2) is 42.8 Å². The Morgan fingerprint density at radius 1 is 1.40 bits per heavy atom. The second kappa shape index (κ2) is 9.13. The summed E-state index contributed by atoms with van der Waals surface area (Å²) in [5, 5.41) is 7.14. The Morgan fingerprint density at radius 3 is 2.60 bits per heavy atom. The molecule has 4 N–H and O–H groups in total. The lowest BCUT2D eigenvalue weighted by Gasteiger charge is -2.35. The van der Waals surface area contributed by atoms with Crippen LogP contribution in [0.3, 0.4) is 0 Å². The molecule has 0 amide bonds. The summed E-state index contributed by atoms with van der Waals surface area (Å²) in [6.45, 7) is 7.74. The van der Waals surface area contributed by atoms with Gasteiger partial charge in [0.2, 0.25) is 0 Å². The van der Waals surface area contributed by atoms with Gasteiger partial charge in [-0.25, -0.2) is 0 Å². The monoisotopic (exact) mass is 217 g/mol. The topological polar surface area (TPSA) is 52.2 Å². The van der Waals surface area contributed by atoms with Crippen LogP contribution in [0.1, 0.15) is 39.5 Å². The Hall–Kier alpha value is -0.120. The lowest BCUT2D eigenvalue weighted by molar-refractivity contribution is 0.130. The molecule has 1 heterocycles. The maximum atomic E-state index is 7.14. The number of hydrogen-bond donors (Lipinski definition) is 1. The van der Waals surface area contributed by atoms with Crippen molar-refractivity contribution in [3.8, 4) is 0 Å². The Bertz CT molecular complexity index is 140. The van der Waals surface area contributed by atoms with Gasteiger partial charge in [0.05, 0.1) is 0 Å². The van der Waals surface area contributed by atoms with Crippen molar-refractivity contribution in [2.75, 3.05) is 26.7 Å². The quantitative estimate of drug-likeness (QED) is 0.719. The van der Waals surface area contributed by atoms with Crippen LogP contribution >= 0.6 is 0 Å². The van der Waals surface area contributed by atoms with E-state index in [-0.39, 0.29) is 0 Å². The van der Waals surface area contributed by atoms with E-state index >= 15 is 0 Å². The first-order valence-corrected chi connectivity index (χ1v) is 6.20. The van der Waals surface area contributed by atoms with Crippen LogP contribution in [0.25, 0.3) is 0 Å². The molecular weight excluding hydrogens is 188 g/mol. The number of likely N-dealkylation sites (tertiary alicyclic amines) is 1. The van der Waals surface area contributed by atoms with Gasteiger partial charge in [-0.2, -0.15) is 0 Å². The van der Waals surface area contributed by atoms with E-state index in [0.717, 1.165) is 12.3 Å². The van der Waals surface area contributed by atoms with Gasteiger partial charge in [-0.3, -0.25) is 0 Å². The van der Waals surface area contributed by atoms with E-state index in [0.29, 0.717) is 12.6 Å². The summed E-state index contributed by atoms with van der Waals surface area (Å²) in [7, 11) is 1.50. The summed E-state index contributed by atoms with van der Waals surface area (Å²) in [4.78, 5) is 2.58. The van der Waals surface area contributed by atoms with Crippen LogP contribution in [0.5, 0.6) is 0 Å².